The van der Waals surface area contributed by atoms with Gasteiger partial charge in [0.25, 0.3) is 0 Å². The van der Waals surface area contributed by atoms with Gasteiger partial charge in [0.15, 0.2) is 0 Å². The van der Waals surface area contributed by atoms with Crippen LogP contribution in [0.25, 0.3) is 88.6 Å². The maximum Gasteiger partial charge on any atom is 0.524 e. The molecule has 0 saturated carbocycles. The third-order valence-corrected chi connectivity index (χ3v) is 10.1. The van der Waals surface area contributed by atoms with E-state index in [2.05, 4.69) is 0 Å². The highest BCUT2D eigenvalue weighted by Crippen LogP contribution is 2.40. The van der Waals surface area contributed by atoms with E-state index in [1.54, 1.807) is 24.3 Å². The second kappa shape index (κ2) is 13.7. The summed E-state index contributed by atoms with van der Waals surface area (Å²) in [5.41, 5.74) is 8.41. The number of pyridine rings is 4. The molecule has 14 heteroatoms. The topological polar surface area (TPSA) is 185 Å². The Kier molecular flexibility index (Phi) is 8.67. The number of rotatable bonds is 8. The minimum Gasteiger partial charge on any atom is -0.404 e. The van der Waals surface area contributed by atoms with E-state index in [4.69, 9.17) is 29.0 Å². The number of phosphoric acid groups is 2. The Bertz CT molecular complexity index is 2930. The fourth-order valence-corrected chi connectivity index (χ4v) is 7.49. The molecule has 0 atom stereocenters. The van der Waals surface area contributed by atoms with Crippen molar-refractivity contribution >= 4 is 59.3 Å². The molecular weight excluding hydrogens is 750 g/mol. The van der Waals surface area contributed by atoms with Crippen molar-refractivity contribution in [2.24, 2.45) is 0 Å². The molecule has 0 fully saturated rings. The highest BCUT2D eigenvalue weighted by Gasteiger charge is 2.18. The summed E-state index contributed by atoms with van der Waals surface area (Å²) in [7, 11) is -9.46. The Morgan fingerprint density at radius 1 is 0.357 bits per heavy atom. The van der Waals surface area contributed by atoms with Crippen molar-refractivity contribution in [3.05, 3.63) is 146 Å². The molecule has 0 spiro atoms. The summed E-state index contributed by atoms with van der Waals surface area (Å²) in [6, 6.07) is 44.3. The van der Waals surface area contributed by atoms with Crippen molar-refractivity contribution in [1.29, 1.82) is 0 Å². The fraction of sp³-hybridized carbons (Fsp3) is 0. The molecule has 0 aliphatic rings. The first-order valence-corrected chi connectivity index (χ1v) is 20.2. The predicted molar refractivity (Wildman–Crippen MR) is 215 cm³/mol. The molecule has 9 rings (SSSR count). The van der Waals surface area contributed by atoms with Gasteiger partial charge in [-0.2, -0.15) is 0 Å². The Balaban J connectivity index is 1.09. The Morgan fingerprint density at radius 3 is 0.929 bits per heavy atom. The van der Waals surface area contributed by atoms with E-state index in [-0.39, 0.29) is 11.5 Å². The Labute approximate surface area is 318 Å². The molecule has 56 heavy (non-hydrogen) atoms. The molecule has 12 nitrogen and oxygen atoms in total. The maximum absolute atomic E-state index is 11.4. The molecule has 0 bridgehead atoms. The third-order valence-electron chi connectivity index (χ3n) is 9.20. The van der Waals surface area contributed by atoms with Gasteiger partial charge in [-0.05, 0) is 54.6 Å². The van der Waals surface area contributed by atoms with Gasteiger partial charge < -0.3 is 9.05 Å². The number of fused-ring (bicyclic) bond motifs is 6. The molecule has 0 unspecified atom stereocenters. The van der Waals surface area contributed by atoms with Crippen LogP contribution in [0.5, 0.6) is 11.5 Å². The summed E-state index contributed by atoms with van der Waals surface area (Å²) in [4.78, 5) is 57.2. The van der Waals surface area contributed by atoms with Gasteiger partial charge in [0.05, 0.1) is 44.8 Å². The Morgan fingerprint density at radius 2 is 0.625 bits per heavy atom. The van der Waals surface area contributed by atoms with Crippen LogP contribution in [0, 0.1) is 0 Å². The lowest BCUT2D eigenvalue weighted by molar-refractivity contribution is 0.281. The van der Waals surface area contributed by atoms with E-state index < -0.39 is 15.6 Å². The standard InChI is InChI=1S/C42H28N4O8P2/c47-55(48,49)53-33-8-2-6-31(23-33)37-20-16-27-12-10-25-14-18-35(43-39(25)41(27)45-37)29-4-1-5-30(22-29)36-19-15-26-11-13-28-17-21-38(46-42(28)40(26)44-36)32-7-3-9-34(24-32)54-56(50,51)52/h1-24H,(H2,47,48,49)(H2,50,51,52). The normalized spacial score (nSPS) is 12.1. The first kappa shape index (κ1) is 35.3. The number of nitrogens with zero attached hydrogens (tertiary/aromatic N) is 4. The lowest BCUT2D eigenvalue weighted by Gasteiger charge is -2.11. The van der Waals surface area contributed by atoms with Gasteiger partial charge in [0.1, 0.15) is 11.5 Å². The van der Waals surface area contributed by atoms with Crippen LogP contribution >= 0.6 is 15.6 Å². The first-order chi connectivity index (χ1) is 26.9. The number of phosphoric ester groups is 2. The lowest BCUT2D eigenvalue weighted by Crippen LogP contribution is -1.93. The average molecular weight is 779 g/mol. The molecule has 0 amide bonds. The lowest BCUT2D eigenvalue weighted by atomic mass is 10.0. The van der Waals surface area contributed by atoms with Crippen molar-refractivity contribution in [3.63, 3.8) is 0 Å². The van der Waals surface area contributed by atoms with Gasteiger partial charge in [-0.3, -0.25) is 19.6 Å². The summed E-state index contributed by atoms with van der Waals surface area (Å²) >= 11 is 0. The van der Waals surface area contributed by atoms with E-state index in [0.717, 1.165) is 44.1 Å². The molecule has 274 valence electrons. The van der Waals surface area contributed by atoms with Crippen molar-refractivity contribution in [2.75, 3.05) is 0 Å². The van der Waals surface area contributed by atoms with Crippen LogP contribution in [-0.4, -0.2) is 39.5 Å². The fourth-order valence-electron chi connectivity index (χ4n) is 6.72. The number of aromatic nitrogens is 4. The molecule has 4 heterocycles. The number of hydrogen-bond acceptors (Lipinski definition) is 8. The van der Waals surface area contributed by atoms with Crippen LogP contribution in [0.3, 0.4) is 0 Å². The molecular formula is C42H28N4O8P2. The second-order valence-corrected chi connectivity index (χ2v) is 15.3. The van der Waals surface area contributed by atoms with E-state index in [1.165, 1.54) is 24.3 Å². The summed E-state index contributed by atoms with van der Waals surface area (Å²) in [6.45, 7) is 0. The molecule has 0 radical (unpaired) electrons. The highest BCUT2D eigenvalue weighted by molar-refractivity contribution is 7.47. The van der Waals surface area contributed by atoms with E-state index >= 15 is 0 Å². The van der Waals surface area contributed by atoms with Crippen LogP contribution in [-0.2, 0) is 9.13 Å². The van der Waals surface area contributed by atoms with Crippen molar-refractivity contribution in [1.82, 2.24) is 19.9 Å². The summed E-state index contributed by atoms with van der Waals surface area (Å²) < 4.78 is 32.5. The van der Waals surface area contributed by atoms with Gasteiger partial charge >= 0.3 is 15.6 Å². The number of hydrogen-bond donors (Lipinski definition) is 4. The monoisotopic (exact) mass is 778 g/mol. The quantitative estimate of drug-likeness (QED) is 0.0847. The molecule has 0 aliphatic heterocycles. The summed E-state index contributed by atoms with van der Waals surface area (Å²) in [5.74, 6) is 0.0657. The minimum atomic E-state index is -4.73. The highest BCUT2D eigenvalue weighted by atomic mass is 31.2. The average Bonchev–Trinajstić information content (AvgIpc) is 3.19. The van der Waals surface area contributed by atoms with Gasteiger partial charge in [-0.15, -0.1) is 0 Å². The summed E-state index contributed by atoms with van der Waals surface area (Å²) in [6.07, 6.45) is 0. The van der Waals surface area contributed by atoms with Gasteiger partial charge in [-0.1, -0.05) is 91.0 Å². The zero-order chi connectivity index (χ0) is 38.6. The third kappa shape index (κ3) is 7.24. The van der Waals surface area contributed by atoms with Crippen molar-refractivity contribution < 1.29 is 37.8 Å². The van der Waals surface area contributed by atoms with Crippen LogP contribution in [0.15, 0.2) is 146 Å². The molecule has 4 N–H and O–H groups in total. The molecule has 9 aromatic rings. The molecule has 4 aromatic heterocycles. The largest absolute Gasteiger partial charge is 0.524 e. The smallest absolute Gasteiger partial charge is 0.404 e. The zero-order valence-corrected chi connectivity index (χ0v) is 30.8. The van der Waals surface area contributed by atoms with Gasteiger partial charge in [0.2, 0.25) is 0 Å². The first-order valence-electron chi connectivity index (χ1n) is 17.2. The van der Waals surface area contributed by atoms with Gasteiger partial charge in [0, 0.05) is 43.8 Å². The van der Waals surface area contributed by atoms with Crippen LogP contribution in [0.2, 0.25) is 0 Å². The predicted octanol–water partition coefficient (Wildman–Crippen LogP) is 9.49. The van der Waals surface area contributed by atoms with Crippen LogP contribution < -0.4 is 9.05 Å². The number of benzene rings is 5. The summed E-state index contributed by atoms with van der Waals surface area (Å²) in [5, 5.41) is 3.57. The van der Waals surface area contributed by atoms with Crippen LogP contribution in [0.4, 0.5) is 0 Å². The molecule has 0 saturated heterocycles. The van der Waals surface area contributed by atoms with E-state index in [1.807, 2.05) is 97.1 Å². The van der Waals surface area contributed by atoms with Crippen LogP contribution in [0.1, 0.15) is 0 Å². The van der Waals surface area contributed by atoms with E-state index in [0.29, 0.717) is 44.6 Å². The molecule has 5 aromatic carbocycles. The van der Waals surface area contributed by atoms with Crippen molar-refractivity contribution in [3.8, 4) is 56.5 Å². The maximum atomic E-state index is 11.4. The van der Waals surface area contributed by atoms with Crippen molar-refractivity contribution in [2.45, 2.75) is 0 Å². The Hall–Kier alpha value is -6.36. The minimum absolute atomic E-state index is 0.0328. The zero-order valence-electron chi connectivity index (χ0n) is 29.0. The SMILES string of the molecule is O=P(O)(O)Oc1cccc(-c2ccc3ccc4ccc(-c5cccc(-c6ccc7ccc8ccc(-c9cccc(OP(=O)(O)O)c9)nc8c7n6)c5)nc4c3n2)c1. The van der Waals surface area contributed by atoms with Gasteiger partial charge in [-0.25, -0.2) is 29.1 Å². The van der Waals surface area contributed by atoms with E-state index in [9.17, 15) is 28.7 Å². The molecule has 0 aliphatic carbocycles. The second-order valence-electron chi connectivity index (χ2n) is 13.0.